The van der Waals surface area contributed by atoms with Gasteiger partial charge in [-0.3, -0.25) is 9.69 Å². The van der Waals surface area contributed by atoms with Crippen molar-refractivity contribution in [2.24, 2.45) is 5.92 Å². The monoisotopic (exact) mass is 254 g/mol. The topological polar surface area (TPSA) is 61.8 Å². The van der Waals surface area contributed by atoms with Crippen LogP contribution in [0.5, 0.6) is 0 Å². The molecular weight excluding hydrogens is 232 g/mol. The van der Waals surface area contributed by atoms with Crippen molar-refractivity contribution in [1.29, 1.82) is 0 Å². The maximum absolute atomic E-state index is 11.8. The maximum Gasteiger partial charge on any atom is 0.234 e. The molecule has 0 spiro atoms. The number of β-amino-alcohol motifs (C(OH)–C–C–N with tert-alkyl or cyclic N) is 1. The highest BCUT2D eigenvalue weighted by atomic mass is 16.5. The van der Waals surface area contributed by atoms with Crippen LogP contribution in [0.1, 0.15) is 25.7 Å². The van der Waals surface area contributed by atoms with E-state index in [9.17, 15) is 9.90 Å². The first-order valence-corrected chi connectivity index (χ1v) is 6.97. The van der Waals surface area contributed by atoms with Gasteiger partial charge in [0.05, 0.1) is 12.1 Å². The minimum absolute atomic E-state index is 0.0831. The Morgan fingerprint density at radius 2 is 1.94 bits per heavy atom. The van der Waals surface area contributed by atoms with E-state index in [1.165, 1.54) is 0 Å². The van der Waals surface area contributed by atoms with E-state index in [0.717, 1.165) is 38.9 Å². The number of hydrogen-bond donors (Lipinski definition) is 2. The zero-order valence-electron chi connectivity index (χ0n) is 10.7. The lowest BCUT2D eigenvalue weighted by atomic mass is 9.89. The first-order valence-electron chi connectivity index (χ1n) is 6.97. The zero-order valence-corrected chi connectivity index (χ0v) is 10.7. The number of nitrogens with zero attached hydrogens (tertiary/aromatic N) is 1. The summed E-state index contributed by atoms with van der Waals surface area (Å²) in [6.07, 6.45) is 4.13. The fourth-order valence-corrected chi connectivity index (χ4v) is 3.04. The summed E-state index contributed by atoms with van der Waals surface area (Å²) < 4.78 is 5.26. The number of aliphatic hydroxyl groups is 1. The average molecular weight is 254 g/mol. The molecule has 0 atom stereocenters. The molecule has 3 fully saturated rings. The Balaban J connectivity index is 1.37. The number of hydrogen-bond acceptors (Lipinski definition) is 4. The lowest BCUT2D eigenvalue weighted by molar-refractivity contribution is -0.137. The van der Waals surface area contributed by atoms with Crippen molar-refractivity contribution in [1.82, 2.24) is 10.2 Å². The highest BCUT2D eigenvalue weighted by Gasteiger charge is 2.51. The zero-order chi connectivity index (χ0) is 12.6. The van der Waals surface area contributed by atoms with Crippen LogP contribution in [0.15, 0.2) is 0 Å². The molecule has 1 aliphatic carbocycles. The van der Waals surface area contributed by atoms with Gasteiger partial charge in [-0.15, -0.1) is 0 Å². The van der Waals surface area contributed by atoms with Gasteiger partial charge in [0, 0.05) is 32.3 Å². The van der Waals surface area contributed by atoms with Crippen molar-refractivity contribution in [3.63, 3.8) is 0 Å². The summed E-state index contributed by atoms with van der Waals surface area (Å²) in [4.78, 5) is 13.9. The summed E-state index contributed by atoms with van der Waals surface area (Å²) in [6.45, 7) is 3.25. The molecular formula is C13H22N2O3. The third-order valence-electron chi connectivity index (χ3n) is 4.29. The van der Waals surface area contributed by atoms with E-state index in [0.29, 0.717) is 25.6 Å². The van der Waals surface area contributed by atoms with Crippen LogP contribution in [-0.4, -0.2) is 60.4 Å². The standard InChI is InChI=1S/C13H22N2O3/c16-12(14-11-3-5-18-6-4-11)7-15-8-13(17,9-15)10-1-2-10/h10-11,17H,1-9H2,(H,14,16). The predicted octanol–water partition coefficient (Wildman–Crippen LogP) is -0.262. The number of carbonyl (C=O) groups is 1. The first-order chi connectivity index (χ1) is 8.66. The Bertz CT molecular complexity index is 318. The second kappa shape index (κ2) is 4.79. The van der Waals surface area contributed by atoms with Gasteiger partial charge in [-0.25, -0.2) is 0 Å². The Morgan fingerprint density at radius 3 is 2.56 bits per heavy atom. The lowest BCUT2D eigenvalue weighted by Crippen LogP contribution is -2.64. The molecule has 1 saturated carbocycles. The minimum Gasteiger partial charge on any atom is -0.387 e. The van der Waals surface area contributed by atoms with Gasteiger partial charge in [-0.2, -0.15) is 0 Å². The molecule has 0 radical (unpaired) electrons. The van der Waals surface area contributed by atoms with E-state index < -0.39 is 5.60 Å². The van der Waals surface area contributed by atoms with Crippen LogP contribution >= 0.6 is 0 Å². The molecule has 0 aromatic heterocycles. The fourth-order valence-electron chi connectivity index (χ4n) is 3.04. The van der Waals surface area contributed by atoms with E-state index >= 15 is 0 Å². The highest BCUT2D eigenvalue weighted by Crippen LogP contribution is 2.44. The Kier molecular flexibility index (Phi) is 3.30. The van der Waals surface area contributed by atoms with Crippen molar-refractivity contribution in [3.05, 3.63) is 0 Å². The number of amides is 1. The van der Waals surface area contributed by atoms with Gasteiger partial charge in [-0.05, 0) is 31.6 Å². The molecule has 0 unspecified atom stereocenters. The van der Waals surface area contributed by atoms with Crippen LogP contribution in [0.4, 0.5) is 0 Å². The molecule has 3 rings (SSSR count). The number of nitrogens with one attached hydrogen (secondary N) is 1. The second-order valence-corrected chi connectivity index (χ2v) is 5.98. The molecule has 0 bridgehead atoms. The highest BCUT2D eigenvalue weighted by molar-refractivity contribution is 5.78. The van der Waals surface area contributed by atoms with Crippen molar-refractivity contribution < 1.29 is 14.6 Å². The normalized spacial score (nSPS) is 28.7. The van der Waals surface area contributed by atoms with Gasteiger partial charge in [0.25, 0.3) is 0 Å². The third-order valence-corrected chi connectivity index (χ3v) is 4.29. The summed E-state index contributed by atoms with van der Waals surface area (Å²) in [5.41, 5.74) is -0.487. The fraction of sp³-hybridized carbons (Fsp3) is 0.923. The molecule has 2 heterocycles. The van der Waals surface area contributed by atoms with Gasteiger partial charge in [0.2, 0.25) is 5.91 Å². The van der Waals surface area contributed by atoms with E-state index in [4.69, 9.17) is 4.74 Å². The smallest absolute Gasteiger partial charge is 0.234 e. The summed E-state index contributed by atoms with van der Waals surface area (Å²) in [7, 11) is 0. The van der Waals surface area contributed by atoms with Gasteiger partial charge in [0.15, 0.2) is 0 Å². The van der Waals surface area contributed by atoms with Crippen LogP contribution in [0.25, 0.3) is 0 Å². The van der Waals surface area contributed by atoms with Crippen LogP contribution in [-0.2, 0) is 9.53 Å². The third kappa shape index (κ3) is 2.68. The molecule has 102 valence electrons. The number of ether oxygens (including phenoxy) is 1. The second-order valence-electron chi connectivity index (χ2n) is 5.98. The van der Waals surface area contributed by atoms with Gasteiger partial charge in [-0.1, -0.05) is 0 Å². The van der Waals surface area contributed by atoms with Gasteiger partial charge >= 0.3 is 0 Å². The van der Waals surface area contributed by atoms with Gasteiger partial charge < -0.3 is 15.2 Å². The molecule has 2 aliphatic heterocycles. The molecule has 0 aromatic carbocycles. The van der Waals surface area contributed by atoms with Crippen molar-refractivity contribution in [2.75, 3.05) is 32.8 Å². The average Bonchev–Trinajstić information content (AvgIpc) is 3.12. The molecule has 5 heteroatoms. The molecule has 2 N–H and O–H groups in total. The number of carbonyl (C=O) groups excluding carboxylic acids is 1. The molecule has 18 heavy (non-hydrogen) atoms. The lowest BCUT2D eigenvalue weighted by Gasteiger charge is -2.46. The van der Waals surface area contributed by atoms with Gasteiger partial charge in [0.1, 0.15) is 0 Å². The SMILES string of the molecule is O=C(CN1CC(O)(C2CC2)C1)NC1CCOCC1. The molecule has 2 saturated heterocycles. The number of rotatable bonds is 4. The van der Waals surface area contributed by atoms with E-state index in [-0.39, 0.29) is 11.9 Å². The largest absolute Gasteiger partial charge is 0.387 e. The van der Waals surface area contributed by atoms with Crippen molar-refractivity contribution in [3.8, 4) is 0 Å². The van der Waals surface area contributed by atoms with Crippen molar-refractivity contribution in [2.45, 2.75) is 37.3 Å². The Labute approximate surface area is 107 Å². The summed E-state index contributed by atoms with van der Waals surface area (Å²) in [5, 5.41) is 13.2. The van der Waals surface area contributed by atoms with Crippen LogP contribution in [0, 0.1) is 5.92 Å². The Morgan fingerprint density at radius 1 is 1.28 bits per heavy atom. The first kappa shape index (κ1) is 12.4. The van der Waals surface area contributed by atoms with Crippen LogP contribution in [0.3, 0.4) is 0 Å². The molecule has 0 aromatic rings. The molecule has 3 aliphatic rings. The molecule has 1 amide bonds. The maximum atomic E-state index is 11.8. The Hall–Kier alpha value is -0.650. The summed E-state index contributed by atoms with van der Waals surface area (Å²) in [5.74, 6) is 0.576. The molecule has 5 nitrogen and oxygen atoms in total. The van der Waals surface area contributed by atoms with Crippen LogP contribution < -0.4 is 5.32 Å². The van der Waals surface area contributed by atoms with E-state index in [1.807, 2.05) is 4.90 Å². The minimum atomic E-state index is -0.487. The quantitative estimate of drug-likeness (QED) is 0.725. The predicted molar refractivity (Wildman–Crippen MR) is 66.1 cm³/mol. The summed E-state index contributed by atoms with van der Waals surface area (Å²) >= 11 is 0. The van der Waals surface area contributed by atoms with E-state index in [1.54, 1.807) is 0 Å². The van der Waals surface area contributed by atoms with Crippen LogP contribution in [0.2, 0.25) is 0 Å². The summed E-state index contributed by atoms with van der Waals surface area (Å²) in [6, 6.07) is 0.273. The van der Waals surface area contributed by atoms with E-state index in [2.05, 4.69) is 5.32 Å². The van der Waals surface area contributed by atoms with Crippen molar-refractivity contribution >= 4 is 5.91 Å². The number of likely N-dealkylation sites (tertiary alicyclic amines) is 1.